The second-order valence-corrected chi connectivity index (χ2v) is 4.45. The van der Waals surface area contributed by atoms with Crippen molar-refractivity contribution in [2.45, 2.75) is 13.0 Å². The van der Waals surface area contributed by atoms with Gasteiger partial charge in [-0.3, -0.25) is 4.79 Å². The van der Waals surface area contributed by atoms with E-state index >= 15 is 0 Å². The predicted octanol–water partition coefficient (Wildman–Crippen LogP) is 2.42. The highest BCUT2D eigenvalue weighted by atomic mass is 16.5. The van der Waals surface area contributed by atoms with Crippen LogP contribution < -0.4 is 10.5 Å². The number of carbonyl (C=O) groups excluding carboxylic acids is 1. The maximum Gasteiger partial charge on any atom is 0.303 e. The summed E-state index contributed by atoms with van der Waals surface area (Å²) >= 11 is 0. The van der Waals surface area contributed by atoms with Crippen LogP contribution in [0.2, 0.25) is 0 Å². The molecule has 20 heavy (non-hydrogen) atoms. The van der Waals surface area contributed by atoms with Crippen molar-refractivity contribution in [1.29, 1.82) is 0 Å². The summed E-state index contributed by atoms with van der Waals surface area (Å²) in [4.78, 5) is 11.1. The van der Waals surface area contributed by atoms with Crippen LogP contribution >= 0.6 is 0 Å². The second-order valence-electron chi connectivity index (χ2n) is 4.45. The fourth-order valence-electron chi connectivity index (χ4n) is 1.93. The Hall–Kier alpha value is -2.49. The molecule has 0 fully saturated rings. The van der Waals surface area contributed by atoms with Crippen molar-refractivity contribution >= 4 is 12.0 Å². The topological polar surface area (TPSA) is 61.6 Å². The van der Waals surface area contributed by atoms with Crippen LogP contribution in [0.25, 0.3) is 6.08 Å². The lowest BCUT2D eigenvalue weighted by molar-refractivity contribution is -0.142. The van der Waals surface area contributed by atoms with Crippen LogP contribution in [0.1, 0.15) is 12.5 Å². The molecular weight excluding hydrogens is 254 g/mol. The molecule has 1 aromatic rings. The third-order valence-corrected chi connectivity index (χ3v) is 2.87. The molecule has 0 saturated carbocycles. The van der Waals surface area contributed by atoms with Crippen LogP contribution in [0.3, 0.4) is 0 Å². The highest BCUT2D eigenvalue weighted by Gasteiger charge is 2.16. The lowest BCUT2D eigenvalue weighted by Gasteiger charge is -2.18. The van der Waals surface area contributed by atoms with E-state index in [9.17, 15) is 4.79 Å². The Kier molecular flexibility index (Phi) is 4.25. The number of carbonyl (C=O) groups is 1. The van der Waals surface area contributed by atoms with Crippen molar-refractivity contribution in [2.75, 3.05) is 7.11 Å². The van der Waals surface area contributed by atoms with Gasteiger partial charge < -0.3 is 15.2 Å². The second kappa shape index (κ2) is 6.10. The first kappa shape index (κ1) is 13.9. The molecule has 2 N–H and O–H groups in total. The minimum absolute atomic E-state index is 0.325. The van der Waals surface area contributed by atoms with Crippen LogP contribution in [0.15, 0.2) is 53.8 Å². The van der Waals surface area contributed by atoms with Crippen molar-refractivity contribution < 1.29 is 14.3 Å². The monoisotopic (exact) mass is 271 g/mol. The van der Waals surface area contributed by atoms with Crippen molar-refractivity contribution in [3.63, 3.8) is 0 Å². The van der Waals surface area contributed by atoms with E-state index in [0.717, 1.165) is 16.9 Å². The van der Waals surface area contributed by atoms with Gasteiger partial charge in [-0.15, -0.1) is 0 Å². The van der Waals surface area contributed by atoms with E-state index in [1.807, 2.05) is 30.3 Å². The third-order valence-electron chi connectivity index (χ3n) is 2.87. The molecule has 1 aliphatic rings. The molecule has 4 nitrogen and oxygen atoms in total. The maximum atomic E-state index is 11.1. The molecule has 0 aliphatic heterocycles. The van der Waals surface area contributed by atoms with Gasteiger partial charge in [-0.25, -0.2) is 0 Å². The molecule has 0 heterocycles. The van der Waals surface area contributed by atoms with Gasteiger partial charge in [-0.1, -0.05) is 12.1 Å². The predicted molar refractivity (Wildman–Crippen MR) is 77.9 cm³/mol. The summed E-state index contributed by atoms with van der Waals surface area (Å²) in [6.07, 6.45) is 6.84. The number of allylic oxidation sites excluding steroid dienone is 1. The van der Waals surface area contributed by atoms with Crippen molar-refractivity contribution in [2.24, 2.45) is 5.73 Å². The maximum absolute atomic E-state index is 11.1. The molecule has 0 aromatic heterocycles. The third kappa shape index (κ3) is 3.51. The molecule has 0 spiro atoms. The minimum Gasteiger partial charge on any atom is -0.497 e. The van der Waals surface area contributed by atoms with Crippen LogP contribution in [0.5, 0.6) is 5.75 Å². The van der Waals surface area contributed by atoms with Gasteiger partial charge in [-0.05, 0) is 47.6 Å². The van der Waals surface area contributed by atoms with Crippen molar-refractivity contribution in [1.82, 2.24) is 0 Å². The lowest BCUT2D eigenvalue weighted by atomic mass is 10.00. The van der Waals surface area contributed by atoms with Crippen molar-refractivity contribution in [3.05, 3.63) is 59.3 Å². The smallest absolute Gasteiger partial charge is 0.303 e. The molecule has 104 valence electrons. The van der Waals surface area contributed by atoms with Gasteiger partial charge in [0.1, 0.15) is 11.9 Å². The summed E-state index contributed by atoms with van der Waals surface area (Å²) in [6.45, 7) is 1.39. The standard InChI is InChI=1S/C16H17NO3/c1-11(18)20-16-8-5-14(17)10-13(16)9-12-3-6-15(19-2)7-4-12/h3-10,16H,17H2,1-2H3. The Bertz CT molecular complexity index is 582. The van der Waals surface area contributed by atoms with Crippen LogP contribution in [-0.4, -0.2) is 19.2 Å². The van der Waals surface area contributed by atoms with Crippen LogP contribution in [0.4, 0.5) is 0 Å². The zero-order chi connectivity index (χ0) is 14.5. The molecule has 4 heteroatoms. The Morgan fingerprint density at radius 1 is 1.30 bits per heavy atom. The molecule has 1 atom stereocenters. The van der Waals surface area contributed by atoms with E-state index in [1.54, 1.807) is 25.3 Å². The summed E-state index contributed by atoms with van der Waals surface area (Å²) < 4.78 is 10.4. The van der Waals surface area contributed by atoms with Gasteiger partial charge in [0, 0.05) is 12.6 Å². The molecule has 1 aromatic carbocycles. The molecule has 1 aliphatic carbocycles. The fraction of sp³-hybridized carbons (Fsp3) is 0.188. The zero-order valence-electron chi connectivity index (χ0n) is 11.5. The summed E-state index contributed by atoms with van der Waals surface area (Å²) in [5.41, 5.74) is 8.24. The number of ether oxygens (including phenoxy) is 2. The highest BCUT2D eigenvalue weighted by molar-refractivity contribution is 5.68. The molecule has 0 bridgehead atoms. The van der Waals surface area contributed by atoms with Gasteiger partial charge in [0.05, 0.1) is 7.11 Å². The molecule has 1 unspecified atom stereocenters. The quantitative estimate of drug-likeness (QED) is 0.858. The Morgan fingerprint density at radius 2 is 2.00 bits per heavy atom. The van der Waals surface area contributed by atoms with Gasteiger partial charge in [0.15, 0.2) is 0 Å². The Morgan fingerprint density at radius 3 is 2.60 bits per heavy atom. The van der Waals surface area contributed by atoms with E-state index in [-0.39, 0.29) is 5.97 Å². The first-order valence-corrected chi connectivity index (χ1v) is 6.27. The first-order valence-electron chi connectivity index (χ1n) is 6.27. The molecule has 2 rings (SSSR count). The Balaban J connectivity index is 2.27. The van der Waals surface area contributed by atoms with Gasteiger partial charge in [0.2, 0.25) is 0 Å². The number of benzene rings is 1. The van der Waals surface area contributed by atoms with Crippen LogP contribution in [-0.2, 0) is 9.53 Å². The number of hydrogen-bond acceptors (Lipinski definition) is 4. The largest absolute Gasteiger partial charge is 0.497 e. The summed E-state index contributed by atoms with van der Waals surface area (Å²) in [7, 11) is 1.62. The van der Waals surface area contributed by atoms with E-state index in [2.05, 4.69) is 0 Å². The summed E-state index contributed by atoms with van der Waals surface area (Å²) in [5, 5.41) is 0. The number of nitrogens with two attached hydrogens (primary N) is 1. The van der Waals surface area contributed by atoms with Crippen LogP contribution in [0, 0.1) is 0 Å². The Labute approximate surface area is 118 Å². The summed E-state index contributed by atoms with van der Waals surface area (Å²) in [6, 6.07) is 7.61. The number of hydrogen-bond donors (Lipinski definition) is 1. The molecule has 0 radical (unpaired) electrons. The normalized spacial score (nSPS) is 19.6. The van der Waals surface area contributed by atoms with Gasteiger partial charge in [-0.2, -0.15) is 0 Å². The number of esters is 1. The van der Waals surface area contributed by atoms with E-state index in [1.165, 1.54) is 6.92 Å². The molecule has 0 saturated heterocycles. The highest BCUT2D eigenvalue weighted by Crippen LogP contribution is 2.21. The van der Waals surface area contributed by atoms with E-state index in [0.29, 0.717) is 5.70 Å². The lowest BCUT2D eigenvalue weighted by Crippen LogP contribution is -2.19. The van der Waals surface area contributed by atoms with E-state index in [4.69, 9.17) is 15.2 Å². The van der Waals surface area contributed by atoms with Gasteiger partial charge in [0.25, 0.3) is 0 Å². The molecular formula is C16H17NO3. The van der Waals surface area contributed by atoms with E-state index < -0.39 is 6.10 Å². The number of rotatable bonds is 3. The minimum atomic E-state index is -0.401. The average molecular weight is 271 g/mol. The number of methoxy groups -OCH3 is 1. The SMILES string of the molecule is COc1ccc(C=C2C=C(N)C=CC2OC(C)=O)cc1. The zero-order valence-corrected chi connectivity index (χ0v) is 11.5. The molecule has 0 amide bonds. The first-order chi connectivity index (χ1) is 9.58. The van der Waals surface area contributed by atoms with Crippen molar-refractivity contribution in [3.8, 4) is 5.75 Å². The average Bonchev–Trinajstić information content (AvgIpc) is 2.42. The fourth-order valence-corrected chi connectivity index (χ4v) is 1.93. The summed E-state index contributed by atoms with van der Waals surface area (Å²) in [5.74, 6) is 0.469. The van der Waals surface area contributed by atoms with Gasteiger partial charge >= 0.3 is 5.97 Å².